The lowest BCUT2D eigenvalue weighted by Gasteiger charge is -2.23. The summed E-state index contributed by atoms with van der Waals surface area (Å²) >= 11 is 0. The number of anilines is 3. The molecule has 0 aliphatic heterocycles. The summed E-state index contributed by atoms with van der Waals surface area (Å²) in [7, 11) is 6.87. The number of pyridine rings is 1. The Balaban J connectivity index is 0.000000241. The third-order valence-electron chi connectivity index (χ3n) is 6.00. The molecule has 186 valence electrons. The number of fused-ring (bicyclic) bond motifs is 1. The number of hydrogen-bond donors (Lipinski definition) is 1. The summed E-state index contributed by atoms with van der Waals surface area (Å²) in [6.07, 6.45) is 8.20. The molecule has 35 heavy (non-hydrogen) atoms. The summed E-state index contributed by atoms with van der Waals surface area (Å²) < 4.78 is 15.2. The highest BCUT2D eigenvalue weighted by atomic mass is 16.5. The Kier molecular flexibility index (Phi) is 9.93. The van der Waals surface area contributed by atoms with E-state index in [9.17, 15) is 4.79 Å². The van der Waals surface area contributed by atoms with Gasteiger partial charge in [0.05, 0.1) is 31.2 Å². The van der Waals surface area contributed by atoms with Gasteiger partial charge in [0.25, 0.3) is 0 Å². The van der Waals surface area contributed by atoms with Gasteiger partial charge in [-0.1, -0.05) is 6.07 Å². The molecule has 1 aromatic heterocycles. The highest BCUT2D eigenvalue weighted by molar-refractivity contribution is 5.95. The molecule has 2 aromatic carbocycles. The monoisotopic (exact) mass is 477 g/mol. The molecular formula is C28H35N3O4. The first-order valence-electron chi connectivity index (χ1n) is 11.8. The number of methoxy groups -OCH3 is 2. The molecule has 7 nitrogen and oxygen atoms in total. The molecule has 0 saturated carbocycles. The van der Waals surface area contributed by atoms with Crippen LogP contribution in [0.25, 0.3) is 0 Å². The Morgan fingerprint density at radius 3 is 2.37 bits per heavy atom. The molecule has 0 radical (unpaired) electrons. The van der Waals surface area contributed by atoms with E-state index in [4.69, 9.17) is 9.47 Å². The predicted molar refractivity (Wildman–Crippen MR) is 140 cm³/mol. The van der Waals surface area contributed by atoms with Gasteiger partial charge in [0.15, 0.2) is 0 Å². The van der Waals surface area contributed by atoms with Crippen LogP contribution in [0.2, 0.25) is 0 Å². The average molecular weight is 478 g/mol. The fourth-order valence-electron chi connectivity index (χ4n) is 3.97. The van der Waals surface area contributed by atoms with Gasteiger partial charge in [-0.25, -0.2) is 4.79 Å². The summed E-state index contributed by atoms with van der Waals surface area (Å²) in [5.74, 6) is 0.520. The van der Waals surface area contributed by atoms with Crippen molar-refractivity contribution in [2.75, 3.05) is 51.7 Å². The number of nitrogens with one attached hydrogen (secondary N) is 1. The molecule has 4 rings (SSSR count). The van der Waals surface area contributed by atoms with E-state index in [2.05, 4.69) is 57.3 Å². The lowest BCUT2D eigenvalue weighted by atomic mass is 9.91. The molecule has 0 unspecified atom stereocenters. The smallest absolute Gasteiger partial charge is 0.340 e. The van der Waals surface area contributed by atoms with Crippen molar-refractivity contribution in [2.24, 2.45) is 0 Å². The number of nitrogens with zero attached hydrogens (tertiary/aromatic N) is 2. The van der Waals surface area contributed by atoms with Gasteiger partial charge in [0.2, 0.25) is 0 Å². The van der Waals surface area contributed by atoms with Crippen molar-refractivity contribution < 1.29 is 19.0 Å². The summed E-state index contributed by atoms with van der Waals surface area (Å²) in [5, 5.41) is 2.85. The van der Waals surface area contributed by atoms with Gasteiger partial charge in [-0.15, -0.1) is 0 Å². The van der Waals surface area contributed by atoms with Gasteiger partial charge in [-0.05, 0) is 79.3 Å². The van der Waals surface area contributed by atoms with Gasteiger partial charge in [-0.2, -0.15) is 0 Å². The maximum absolute atomic E-state index is 11.1. The molecule has 1 aliphatic rings. The van der Waals surface area contributed by atoms with E-state index in [0.29, 0.717) is 24.5 Å². The Morgan fingerprint density at radius 2 is 1.69 bits per heavy atom. The number of ether oxygens (including phenoxy) is 3. The number of carbonyl (C=O) groups is 1. The van der Waals surface area contributed by atoms with Gasteiger partial charge >= 0.3 is 5.97 Å². The molecule has 7 heteroatoms. The number of benzene rings is 2. The second kappa shape index (κ2) is 13.3. The number of carbonyl (C=O) groups excluding carboxylic acids is 1. The van der Waals surface area contributed by atoms with Crippen LogP contribution in [0.5, 0.6) is 5.75 Å². The van der Waals surface area contributed by atoms with Crippen molar-refractivity contribution in [1.82, 2.24) is 4.98 Å². The van der Waals surface area contributed by atoms with Crippen LogP contribution in [0.15, 0.2) is 60.9 Å². The number of rotatable bonds is 8. The Bertz CT molecular complexity index is 1090. The van der Waals surface area contributed by atoms with E-state index >= 15 is 0 Å². The van der Waals surface area contributed by atoms with Crippen LogP contribution in [-0.2, 0) is 22.3 Å². The first-order chi connectivity index (χ1) is 17.1. The zero-order valence-electron chi connectivity index (χ0n) is 21.0. The molecule has 0 atom stereocenters. The minimum absolute atomic E-state index is 0.359. The Labute approximate surface area is 208 Å². The van der Waals surface area contributed by atoms with Crippen molar-refractivity contribution in [3.05, 3.63) is 77.6 Å². The van der Waals surface area contributed by atoms with Crippen molar-refractivity contribution in [3.8, 4) is 5.75 Å². The highest BCUT2D eigenvalue weighted by Gasteiger charge is 2.12. The molecule has 1 heterocycles. The molecule has 0 bridgehead atoms. The third kappa shape index (κ3) is 7.20. The van der Waals surface area contributed by atoms with Crippen LogP contribution in [0.3, 0.4) is 0 Å². The summed E-state index contributed by atoms with van der Waals surface area (Å²) in [6, 6.07) is 16.7. The van der Waals surface area contributed by atoms with Crippen LogP contribution < -0.4 is 15.0 Å². The van der Waals surface area contributed by atoms with Crippen molar-refractivity contribution >= 4 is 23.0 Å². The number of aryl methyl sites for hydroxylation is 2. The summed E-state index contributed by atoms with van der Waals surface area (Å²) in [6.45, 7) is 1.19. The quantitative estimate of drug-likeness (QED) is 0.350. The Morgan fingerprint density at radius 1 is 0.971 bits per heavy atom. The van der Waals surface area contributed by atoms with E-state index in [0.717, 1.165) is 5.75 Å². The summed E-state index contributed by atoms with van der Waals surface area (Å²) in [5.41, 5.74) is 6.62. The Hall–Kier alpha value is -3.58. The molecule has 0 spiro atoms. The van der Waals surface area contributed by atoms with E-state index in [1.54, 1.807) is 32.6 Å². The van der Waals surface area contributed by atoms with Crippen LogP contribution in [-0.4, -0.2) is 52.5 Å². The maximum atomic E-state index is 11.1. The van der Waals surface area contributed by atoms with Crippen LogP contribution in [0.4, 0.5) is 17.1 Å². The first-order valence-corrected chi connectivity index (χ1v) is 11.8. The lowest BCUT2D eigenvalue weighted by molar-refractivity contribution is 0.0601. The van der Waals surface area contributed by atoms with Crippen LogP contribution in [0, 0.1) is 0 Å². The number of hydrogen-bond acceptors (Lipinski definition) is 7. The van der Waals surface area contributed by atoms with Crippen LogP contribution in [0.1, 0.15) is 34.3 Å². The second-order valence-corrected chi connectivity index (χ2v) is 8.22. The molecule has 3 aromatic rings. The van der Waals surface area contributed by atoms with Gasteiger partial charge < -0.3 is 24.4 Å². The van der Waals surface area contributed by atoms with Crippen molar-refractivity contribution in [2.45, 2.75) is 25.7 Å². The van der Waals surface area contributed by atoms with E-state index in [1.165, 1.54) is 55.3 Å². The van der Waals surface area contributed by atoms with Crippen LogP contribution >= 0.6 is 0 Å². The molecule has 1 N–H and O–H groups in total. The minimum atomic E-state index is -0.359. The fraction of sp³-hybridized carbons (Fsp3) is 0.357. The fourth-order valence-corrected chi connectivity index (χ4v) is 3.97. The number of esters is 1. The predicted octanol–water partition coefficient (Wildman–Crippen LogP) is 5.27. The van der Waals surface area contributed by atoms with E-state index < -0.39 is 0 Å². The van der Waals surface area contributed by atoms with E-state index in [1.807, 2.05) is 12.1 Å². The van der Waals surface area contributed by atoms with Crippen molar-refractivity contribution in [3.63, 3.8) is 0 Å². The van der Waals surface area contributed by atoms with Gasteiger partial charge in [0, 0.05) is 38.8 Å². The second-order valence-electron chi connectivity index (χ2n) is 8.22. The molecule has 0 saturated heterocycles. The summed E-state index contributed by atoms with van der Waals surface area (Å²) in [4.78, 5) is 17.2. The largest absolute Gasteiger partial charge is 0.491 e. The minimum Gasteiger partial charge on any atom is -0.491 e. The van der Waals surface area contributed by atoms with Gasteiger partial charge in [-0.3, -0.25) is 4.98 Å². The standard InChI is InChI=1S/C20H25NO2.C8H10N2O2/c1-21(18-9-11-20(12-10-18)23-14-13-22-2)19-8-7-16-5-3-4-6-17(16)15-19;1-9-7-5-10-4-3-6(7)8(11)12-2/h7-12,15H,3-6,13-14H2,1-2H3;3-5,9H,1-2H3. The normalized spacial score (nSPS) is 12.0. The lowest BCUT2D eigenvalue weighted by Crippen LogP contribution is -2.11. The maximum Gasteiger partial charge on any atom is 0.340 e. The molecule has 0 fully saturated rings. The third-order valence-corrected chi connectivity index (χ3v) is 6.00. The molecule has 1 aliphatic carbocycles. The van der Waals surface area contributed by atoms with E-state index in [-0.39, 0.29) is 5.97 Å². The SMILES string of the molecule is CNc1cnccc1C(=O)OC.COCCOc1ccc(N(C)c2ccc3c(c2)CCCC3)cc1. The molecule has 0 amide bonds. The molecular weight excluding hydrogens is 442 g/mol. The highest BCUT2D eigenvalue weighted by Crippen LogP contribution is 2.30. The van der Waals surface area contributed by atoms with Crippen molar-refractivity contribution in [1.29, 1.82) is 0 Å². The number of aromatic nitrogens is 1. The first kappa shape index (κ1) is 26.0. The average Bonchev–Trinajstić information content (AvgIpc) is 2.92. The zero-order chi connectivity index (χ0) is 25.0. The zero-order valence-corrected chi connectivity index (χ0v) is 21.0. The van der Waals surface area contributed by atoms with Gasteiger partial charge in [0.1, 0.15) is 12.4 Å². The topological polar surface area (TPSA) is 72.9 Å².